The van der Waals surface area contributed by atoms with E-state index >= 15 is 0 Å². The lowest BCUT2D eigenvalue weighted by Crippen LogP contribution is -2.30. The zero-order valence-electron chi connectivity index (χ0n) is 18.9. The largest absolute Gasteiger partial charge is 0.463 e. The Bertz CT molecular complexity index is 1220. The highest BCUT2D eigenvalue weighted by Gasteiger charge is 2.44. The van der Waals surface area contributed by atoms with E-state index in [2.05, 4.69) is 35.3 Å². The molecule has 3 aliphatic rings. The average molecular weight is 472 g/mol. The summed E-state index contributed by atoms with van der Waals surface area (Å²) in [6.07, 6.45) is 6.50. The smallest absolute Gasteiger partial charge is 0.332 e. The number of thioether (sulfide) groups is 1. The first-order valence-corrected chi connectivity index (χ1v) is 12.3. The van der Waals surface area contributed by atoms with Gasteiger partial charge in [0.2, 0.25) is 0 Å². The van der Waals surface area contributed by atoms with E-state index in [1.54, 1.807) is 6.92 Å². The van der Waals surface area contributed by atoms with Crippen LogP contribution in [0.15, 0.2) is 87.3 Å². The Morgan fingerprint density at radius 3 is 2.62 bits per heavy atom. The first kappa shape index (κ1) is 22.3. The SMILES string of the molecule is CCOC(=O)/C=C1\SC(N2N=C3/C(=C\c4ccccc4)CCC[C@@H]3[C@@H]2c2ccccc2)=NC1=O. The van der Waals surface area contributed by atoms with Crippen LogP contribution in [0.3, 0.4) is 0 Å². The minimum absolute atomic E-state index is 0.0586. The summed E-state index contributed by atoms with van der Waals surface area (Å²) >= 11 is 1.18. The van der Waals surface area contributed by atoms with Gasteiger partial charge in [0.1, 0.15) is 0 Å². The number of benzene rings is 2. The van der Waals surface area contributed by atoms with Crippen LogP contribution in [0.5, 0.6) is 0 Å². The predicted molar refractivity (Wildman–Crippen MR) is 135 cm³/mol. The van der Waals surface area contributed by atoms with E-state index in [1.165, 1.54) is 23.4 Å². The summed E-state index contributed by atoms with van der Waals surface area (Å²) in [5.74, 6) is -0.776. The summed E-state index contributed by atoms with van der Waals surface area (Å²) in [7, 11) is 0. The number of hydrogen-bond acceptors (Lipinski definition) is 6. The number of carbonyl (C=O) groups excluding carboxylic acids is 2. The summed E-state index contributed by atoms with van der Waals surface area (Å²) in [4.78, 5) is 29.0. The van der Waals surface area contributed by atoms with Crippen LogP contribution < -0.4 is 0 Å². The molecule has 2 atom stereocenters. The van der Waals surface area contributed by atoms with Crippen molar-refractivity contribution in [2.24, 2.45) is 16.0 Å². The van der Waals surface area contributed by atoms with Crippen molar-refractivity contribution in [1.82, 2.24) is 5.01 Å². The summed E-state index contributed by atoms with van der Waals surface area (Å²) < 4.78 is 4.97. The lowest BCUT2D eigenvalue weighted by atomic mass is 9.77. The molecule has 0 radical (unpaired) electrons. The van der Waals surface area contributed by atoms with Gasteiger partial charge in [-0.25, -0.2) is 9.80 Å². The van der Waals surface area contributed by atoms with Crippen LogP contribution in [0.2, 0.25) is 0 Å². The molecule has 1 aliphatic carbocycles. The molecule has 172 valence electrons. The van der Waals surface area contributed by atoms with Crippen molar-refractivity contribution in [2.45, 2.75) is 32.2 Å². The van der Waals surface area contributed by atoms with Gasteiger partial charge < -0.3 is 4.74 Å². The molecular weight excluding hydrogens is 446 g/mol. The number of esters is 1. The summed E-state index contributed by atoms with van der Waals surface area (Å²) in [5.41, 5.74) is 4.56. The van der Waals surface area contributed by atoms with Crippen LogP contribution in [0, 0.1) is 5.92 Å². The highest BCUT2D eigenvalue weighted by molar-refractivity contribution is 8.18. The molecule has 1 fully saturated rings. The maximum absolute atomic E-state index is 12.6. The van der Waals surface area contributed by atoms with Gasteiger partial charge in [0.05, 0.1) is 23.3 Å². The molecule has 0 unspecified atom stereocenters. The Labute approximate surface area is 203 Å². The molecule has 0 N–H and O–H groups in total. The van der Waals surface area contributed by atoms with E-state index < -0.39 is 11.9 Å². The molecule has 6 nitrogen and oxygen atoms in total. The van der Waals surface area contributed by atoms with Crippen molar-refractivity contribution in [3.8, 4) is 0 Å². The maximum Gasteiger partial charge on any atom is 0.332 e. The number of ether oxygens (including phenoxy) is 1. The number of carbonyl (C=O) groups is 2. The first-order valence-electron chi connectivity index (χ1n) is 11.5. The molecule has 0 spiro atoms. The fourth-order valence-electron chi connectivity index (χ4n) is 4.68. The second-order valence-electron chi connectivity index (χ2n) is 8.33. The maximum atomic E-state index is 12.6. The molecule has 5 rings (SSSR count). The highest BCUT2D eigenvalue weighted by atomic mass is 32.2. The average Bonchev–Trinajstić information content (AvgIpc) is 3.41. The zero-order valence-corrected chi connectivity index (χ0v) is 19.7. The molecule has 2 heterocycles. The zero-order chi connectivity index (χ0) is 23.5. The quantitative estimate of drug-likeness (QED) is 0.443. The highest BCUT2D eigenvalue weighted by Crippen LogP contribution is 2.46. The molecule has 1 saturated carbocycles. The third-order valence-electron chi connectivity index (χ3n) is 6.12. The van der Waals surface area contributed by atoms with Gasteiger partial charge in [0.15, 0.2) is 5.17 Å². The minimum atomic E-state index is -0.538. The van der Waals surface area contributed by atoms with Crippen LogP contribution in [-0.2, 0) is 14.3 Å². The van der Waals surface area contributed by atoms with Crippen LogP contribution >= 0.6 is 11.8 Å². The summed E-state index contributed by atoms with van der Waals surface area (Å²) in [5, 5.41) is 7.42. The molecule has 2 aromatic rings. The van der Waals surface area contributed by atoms with E-state index in [0.717, 1.165) is 36.1 Å². The van der Waals surface area contributed by atoms with E-state index in [-0.39, 0.29) is 23.5 Å². The lowest BCUT2D eigenvalue weighted by Gasteiger charge is -2.30. The summed E-state index contributed by atoms with van der Waals surface area (Å²) in [6, 6.07) is 20.5. The van der Waals surface area contributed by atoms with Gasteiger partial charge in [-0.1, -0.05) is 60.7 Å². The standard InChI is InChI=1S/C27H25N3O3S/c1-2-33-23(31)17-22-26(32)28-27(34-22)30-25(19-12-7-4-8-13-19)21-15-9-14-20(24(21)29-30)16-18-10-5-3-6-11-18/h3-8,10-13,16-17,21,25H,2,9,14-15H2,1H3/b20-16-,22-17-/t21-,25-/m0/s1. The molecular formula is C27H25N3O3S. The van der Waals surface area contributed by atoms with E-state index in [0.29, 0.717) is 5.17 Å². The van der Waals surface area contributed by atoms with Gasteiger partial charge in [-0.3, -0.25) is 4.79 Å². The fraction of sp³-hybridized carbons (Fsp3) is 0.259. The Balaban J connectivity index is 1.52. The van der Waals surface area contributed by atoms with Gasteiger partial charge >= 0.3 is 5.97 Å². The van der Waals surface area contributed by atoms with E-state index in [4.69, 9.17) is 9.84 Å². The second-order valence-corrected chi connectivity index (χ2v) is 9.34. The number of rotatable bonds is 4. The van der Waals surface area contributed by atoms with Crippen molar-refractivity contribution >= 4 is 40.6 Å². The topological polar surface area (TPSA) is 71.3 Å². The monoisotopic (exact) mass is 471 g/mol. The van der Waals surface area contributed by atoms with E-state index in [1.807, 2.05) is 41.4 Å². The van der Waals surface area contributed by atoms with Gasteiger partial charge in [0, 0.05) is 12.0 Å². The molecule has 1 amide bonds. The van der Waals surface area contributed by atoms with Crippen LogP contribution in [0.1, 0.15) is 43.4 Å². The minimum Gasteiger partial charge on any atom is -0.463 e. The number of allylic oxidation sites excluding steroid dienone is 1. The normalized spacial score (nSPS) is 24.3. The number of aliphatic imine (C=N–C) groups is 1. The number of amides is 1. The Morgan fingerprint density at radius 2 is 1.88 bits per heavy atom. The van der Waals surface area contributed by atoms with E-state index in [9.17, 15) is 9.59 Å². The number of hydrazone groups is 1. The van der Waals surface area contributed by atoms with Crippen molar-refractivity contribution in [2.75, 3.05) is 6.61 Å². The van der Waals surface area contributed by atoms with Gasteiger partial charge in [-0.15, -0.1) is 0 Å². The Morgan fingerprint density at radius 1 is 1.15 bits per heavy atom. The Kier molecular flexibility index (Phi) is 6.45. The van der Waals surface area contributed by atoms with Crippen molar-refractivity contribution < 1.29 is 14.3 Å². The van der Waals surface area contributed by atoms with Crippen molar-refractivity contribution in [3.63, 3.8) is 0 Å². The fourth-order valence-corrected chi connectivity index (χ4v) is 5.54. The first-order chi connectivity index (χ1) is 16.6. The van der Waals surface area contributed by atoms with Crippen molar-refractivity contribution in [1.29, 1.82) is 0 Å². The third-order valence-corrected chi connectivity index (χ3v) is 7.10. The molecule has 0 bridgehead atoms. The Hall–Kier alpha value is -3.45. The molecule has 2 aromatic carbocycles. The van der Waals surface area contributed by atoms with Crippen LogP contribution in [-0.4, -0.2) is 34.4 Å². The number of nitrogens with zero attached hydrogens (tertiary/aromatic N) is 3. The van der Waals surface area contributed by atoms with Gasteiger partial charge in [-0.2, -0.15) is 10.1 Å². The van der Waals surface area contributed by atoms with Crippen molar-refractivity contribution in [3.05, 3.63) is 88.3 Å². The number of amidine groups is 1. The molecule has 0 saturated heterocycles. The lowest BCUT2D eigenvalue weighted by molar-refractivity contribution is -0.137. The molecule has 7 heteroatoms. The van der Waals surface area contributed by atoms with Crippen LogP contribution in [0.25, 0.3) is 6.08 Å². The second kappa shape index (κ2) is 9.81. The molecule has 2 aliphatic heterocycles. The van der Waals surface area contributed by atoms with Gasteiger partial charge in [-0.05, 0) is 60.7 Å². The molecule has 34 heavy (non-hydrogen) atoms. The third kappa shape index (κ3) is 4.48. The molecule has 0 aromatic heterocycles. The summed E-state index contributed by atoms with van der Waals surface area (Å²) in [6.45, 7) is 1.98. The predicted octanol–water partition coefficient (Wildman–Crippen LogP) is 5.36. The van der Waals surface area contributed by atoms with Gasteiger partial charge in [0.25, 0.3) is 5.91 Å². The number of fused-ring (bicyclic) bond motifs is 1. The van der Waals surface area contributed by atoms with Crippen LogP contribution in [0.4, 0.5) is 0 Å². The number of hydrogen-bond donors (Lipinski definition) is 0.